The van der Waals surface area contributed by atoms with Crippen LogP contribution in [0, 0.1) is 22.7 Å². The summed E-state index contributed by atoms with van der Waals surface area (Å²) >= 11 is 0. The van der Waals surface area contributed by atoms with E-state index in [1.165, 1.54) is 19.3 Å². The van der Waals surface area contributed by atoms with Crippen LogP contribution in [-0.2, 0) is 4.74 Å². The molecule has 4 atom stereocenters. The van der Waals surface area contributed by atoms with E-state index in [2.05, 4.69) is 39.9 Å². The first-order valence-corrected chi connectivity index (χ1v) is 8.27. The molecular formula is C17H33NO2. The molecule has 2 N–H and O–H groups in total. The maximum Gasteiger partial charge on any atom is 0.0897 e. The molecule has 2 rings (SSSR count). The van der Waals surface area contributed by atoms with Crippen LogP contribution in [0.15, 0.2) is 0 Å². The molecule has 0 aromatic heterocycles. The molecule has 0 aliphatic heterocycles. The van der Waals surface area contributed by atoms with Crippen molar-refractivity contribution in [2.75, 3.05) is 19.7 Å². The number of ether oxygens (including phenoxy) is 1. The summed E-state index contributed by atoms with van der Waals surface area (Å²) in [4.78, 5) is 0. The number of aliphatic hydroxyl groups is 1. The largest absolute Gasteiger partial charge is 0.389 e. The SMILES string of the molecule is CC(C)CNC[C@H](O)CO[C@@H]1C[C@H]2CC[C@@]1(C)C2(C)C. The van der Waals surface area contributed by atoms with Gasteiger partial charge in [-0.25, -0.2) is 0 Å². The highest BCUT2D eigenvalue weighted by Crippen LogP contribution is 2.66. The third-order valence-corrected chi connectivity index (χ3v) is 6.14. The first-order chi connectivity index (χ1) is 9.27. The molecule has 0 unspecified atom stereocenters. The van der Waals surface area contributed by atoms with E-state index in [0.29, 0.717) is 36.0 Å². The minimum absolute atomic E-state index is 0.294. The van der Waals surface area contributed by atoms with Gasteiger partial charge in [0.15, 0.2) is 0 Å². The minimum atomic E-state index is -0.389. The van der Waals surface area contributed by atoms with E-state index in [9.17, 15) is 5.11 Å². The molecule has 0 heterocycles. The van der Waals surface area contributed by atoms with Gasteiger partial charge in [-0.05, 0) is 48.5 Å². The van der Waals surface area contributed by atoms with Crippen molar-refractivity contribution in [2.45, 2.75) is 66.1 Å². The van der Waals surface area contributed by atoms with Gasteiger partial charge in [-0.2, -0.15) is 0 Å². The van der Waals surface area contributed by atoms with Crippen LogP contribution in [0.25, 0.3) is 0 Å². The van der Waals surface area contributed by atoms with E-state index in [0.717, 1.165) is 12.5 Å². The quantitative estimate of drug-likeness (QED) is 0.755. The van der Waals surface area contributed by atoms with Gasteiger partial charge in [-0.15, -0.1) is 0 Å². The summed E-state index contributed by atoms with van der Waals surface area (Å²) in [6.07, 6.45) is 3.74. The Morgan fingerprint density at radius 3 is 2.45 bits per heavy atom. The van der Waals surface area contributed by atoms with Crippen molar-refractivity contribution < 1.29 is 9.84 Å². The van der Waals surface area contributed by atoms with Gasteiger partial charge in [0, 0.05) is 6.54 Å². The van der Waals surface area contributed by atoms with E-state index in [1.54, 1.807) is 0 Å². The molecule has 2 bridgehead atoms. The second-order valence-corrected chi connectivity index (χ2v) is 8.14. The number of rotatable bonds is 7. The Balaban J connectivity index is 1.75. The lowest BCUT2D eigenvalue weighted by Gasteiger charge is -2.39. The predicted molar refractivity (Wildman–Crippen MR) is 82.7 cm³/mol. The van der Waals surface area contributed by atoms with Gasteiger partial charge in [-0.3, -0.25) is 0 Å². The molecular weight excluding hydrogens is 250 g/mol. The molecule has 2 saturated carbocycles. The fraction of sp³-hybridized carbons (Fsp3) is 1.00. The molecule has 3 heteroatoms. The van der Waals surface area contributed by atoms with Gasteiger partial charge < -0.3 is 15.2 Å². The number of hydrogen-bond acceptors (Lipinski definition) is 3. The monoisotopic (exact) mass is 283 g/mol. The fourth-order valence-corrected chi connectivity index (χ4v) is 4.21. The Morgan fingerprint density at radius 1 is 1.25 bits per heavy atom. The molecule has 0 radical (unpaired) electrons. The third-order valence-electron chi connectivity index (χ3n) is 6.14. The van der Waals surface area contributed by atoms with Crippen LogP contribution in [0.3, 0.4) is 0 Å². The number of fused-ring (bicyclic) bond motifs is 2. The molecule has 0 amide bonds. The van der Waals surface area contributed by atoms with E-state index in [1.807, 2.05) is 0 Å². The van der Waals surface area contributed by atoms with Crippen LogP contribution in [0.1, 0.15) is 53.9 Å². The Hall–Kier alpha value is -0.120. The lowest BCUT2D eigenvalue weighted by molar-refractivity contribution is -0.0742. The average Bonchev–Trinajstić information content (AvgIpc) is 2.68. The van der Waals surface area contributed by atoms with E-state index in [-0.39, 0.29) is 6.10 Å². The summed E-state index contributed by atoms with van der Waals surface area (Å²) in [5, 5.41) is 13.3. The van der Waals surface area contributed by atoms with Crippen molar-refractivity contribution in [3.63, 3.8) is 0 Å². The van der Waals surface area contributed by atoms with Crippen molar-refractivity contribution in [2.24, 2.45) is 22.7 Å². The maximum atomic E-state index is 10.0. The van der Waals surface area contributed by atoms with Crippen LogP contribution >= 0.6 is 0 Å². The number of hydrogen-bond donors (Lipinski definition) is 2. The molecule has 2 fully saturated rings. The Morgan fingerprint density at radius 2 is 1.95 bits per heavy atom. The summed E-state index contributed by atoms with van der Waals surface area (Å²) in [5.74, 6) is 1.42. The number of nitrogens with one attached hydrogen (secondary N) is 1. The van der Waals surface area contributed by atoms with Crippen LogP contribution in [0.4, 0.5) is 0 Å². The number of aliphatic hydroxyl groups excluding tert-OH is 1. The van der Waals surface area contributed by atoms with Crippen molar-refractivity contribution >= 4 is 0 Å². The Bertz CT molecular complexity index is 329. The maximum absolute atomic E-state index is 10.0. The van der Waals surface area contributed by atoms with Crippen molar-refractivity contribution in [1.29, 1.82) is 0 Å². The van der Waals surface area contributed by atoms with Gasteiger partial charge in [0.2, 0.25) is 0 Å². The summed E-state index contributed by atoms with van der Waals surface area (Å²) in [6.45, 7) is 13.6. The summed E-state index contributed by atoms with van der Waals surface area (Å²) in [6, 6.07) is 0. The molecule has 2 aliphatic carbocycles. The standard InChI is InChI=1S/C17H33NO2/c1-12(2)9-18-10-14(19)11-20-15-8-13-6-7-17(15,5)16(13,3)4/h12-15,18-19H,6-11H2,1-5H3/t13-,14+,15-,17-/m1/s1. The van der Waals surface area contributed by atoms with Crippen molar-refractivity contribution in [3.8, 4) is 0 Å². The lowest BCUT2D eigenvalue weighted by atomic mass is 9.70. The Labute approximate surface area is 124 Å². The molecule has 0 aromatic rings. The molecule has 20 heavy (non-hydrogen) atoms. The van der Waals surface area contributed by atoms with E-state index >= 15 is 0 Å². The van der Waals surface area contributed by atoms with Gasteiger partial charge >= 0.3 is 0 Å². The molecule has 0 saturated heterocycles. The van der Waals surface area contributed by atoms with Gasteiger partial charge in [0.25, 0.3) is 0 Å². The first-order valence-electron chi connectivity index (χ1n) is 8.27. The van der Waals surface area contributed by atoms with Crippen LogP contribution < -0.4 is 5.32 Å². The lowest BCUT2D eigenvalue weighted by Crippen LogP contribution is -2.40. The predicted octanol–water partition coefficient (Wildman–Crippen LogP) is 2.82. The highest BCUT2D eigenvalue weighted by atomic mass is 16.5. The topological polar surface area (TPSA) is 41.5 Å². The van der Waals surface area contributed by atoms with E-state index < -0.39 is 0 Å². The highest BCUT2D eigenvalue weighted by molar-refractivity contribution is 5.11. The van der Waals surface area contributed by atoms with Gasteiger partial charge in [0.1, 0.15) is 0 Å². The van der Waals surface area contributed by atoms with Crippen LogP contribution in [0.2, 0.25) is 0 Å². The second-order valence-electron chi connectivity index (χ2n) is 8.14. The Kier molecular flexibility index (Phi) is 4.83. The minimum Gasteiger partial charge on any atom is -0.389 e. The smallest absolute Gasteiger partial charge is 0.0897 e. The second kappa shape index (κ2) is 5.94. The zero-order chi connectivity index (χ0) is 15.0. The molecule has 0 spiro atoms. The average molecular weight is 283 g/mol. The summed E-state index contributed by atoms with van der Waals surface area (Å²) < 4.78 is 6.10. The fourth-order valence-electron chi connectivity index (χ4n) is 4.21. The molecule has 0 aromatic carbocycles. The van der Waals surface area contributed by atoms with Crippen molar-refractivity contribution in [3.05, 3.63) is 0 Å². The normalized spacial score (nSPS) is 36.8. The van der Waals surface area contributed by atoms with Crippen LogP contribution in [0.5, 0.6) is 0 Å². The van der Waals surface area contributed by atoms with E-state index in [4.69, 9.17) is 4.74 Å². The van der Waals surface area contributed by atoms with Crippen molar-refractivity contribution in [1.82, 2.24) is 5.32 Å². The summed E-state index contributed by atoms with van der Waals surface area (Å²) in [5.41, 5.74) is 0.682. The zero-order valence-corrected chi connectivity index (χ0v) is 13.9. The molecule has 118 valence electrons. The molecule has 2 aliphatic rings. The van der Waals surface area contributed by atoms with Gasteiger partial charge in [-0.1, -0.05) is 34.6 Å². The zero-order valence-electron chi connectivity index (χ0n) is 13.9. The highest BCUT2D eigenvalue weighted by Gasteiger charge is 2.61. The molecule has 3 nitrogen and oxygen atoms in total. The first kappa shape index (κ1) is 16.3. The van der Waals surface area contributed by atoms with Crippen LogP contribution in [-0.4, -0.2) is 37.0 Å². The summed E-state index contributed by atoms with van der Waals surface area (Å²) in [7, 11) is 0. The van der Waals surface area contributed by atoms with Gasteiger partial charge in [0.05, 0.1) is 18.8 Å². The third kappa shape index (κ3) is 2.90.